The summed E-state index contributed by atoms with van der Waals surface area (Å²) in [5.41, 5.74) is 5.00. The zero-order valence-electron chi connectivity index (χ0n) is 13.3. The Morgan fingerprint density at radius 2 is 2.17 bits per heavy atom. The van der Waals surface area contributed by atoms with Gasteiger partial charge in [-0.15, -0.1) is 0 Å². The van der Waals surface area contributed by atoms with Crippen LogP contribution >= 0.6 is 28.1 Å². The van der Waals surface area contributed by atoms with Crippen molar-refractivity contribution in [3.05, 3.63) is 34.3 Å². The van der Waals surface area contributed by atoms with Crippen LogP contribution in [0.15, 0.2) is 33.8 Å². The quantitative estimate of drug-likeness (QED) is 0.437. The van der Waals surface area contributed by atoms with E-state index in [9.17, 15) is 0 Å². The lowest BCUT2D eigenvalue weighted by Gasteiger charge is -2.26. The highest BCUT2D eigenvalue weighted by Crippen LogP contribution is 2.13. The summed E-state index contributed by atoms with van der Waals surface area (Å²) in [6.45, 7) is 7.46. The fraction of sp³-hybridized carbons (Fsp3) is 0.500. The molecular formula is C16H23BrN4OS. The third-order valence-corrected chi connectivity index (χ3v) is 4.33. The molecule has 1 aliphatic rings. The second-order valence-electron chi connectivity index (χ2n) is 5.24. The molecule has 126 valence electrons. The Labute approximate surface area is 151 Å². The lowest BCUT2D eigenvalue weighted by molar-refractivity contribution is 0.0389. The highest BCUT2D eigenvalue weighted by atomic mass is 79.9. The third-order valence-electron chi connectivity index (χ3n) is 3.60. The van der Waals surface area contributed by atoms with Crippen LogP contribution in [0.3, 0.4) is 0 Å². The van der Waals surface area contributed by atoms with Crippen molar-refractivity contribution in [3.8, 4) is 0 Å². The average Bonchev–Trinajstić information content (AvgIpc) is 2.56. The summed E-state index contributed by atoms with van der Waals surface area (Å²) in [5, 5.41) is 8.18. The SMILES string of the molecule is CC/C(=N/NC(=S)NCCN1CCOCC1)c1cccc(Br)c1. The van der Waals surface area contributed by atoms with Crippen LogP contribution in [0, 0.1) is 0 Å². The third kappa shape index (κ3) is 6.55. The molecule has 0 spiro atoms. The van der Waals surface area contributed by atoms with Gasteiger partial charge >= 0.3 is 0 Å². The fourth-order valence-corrected chi connectivity index (χ4v) is 2.87. The minimum Gasteiger partial charge on any atom is -0.379 e. The molecule has 0 unspecified atom stereocenters. The standard InChI is InChI=1S/C16H23BrN4OS/c1-2-15(13-4-3-5-14(17)12-13)19-20-16(23)18-6-7-21-8-10-22-11-9-21/h3-5,12H,2,6-11H2,1H3,(H2,18,20,23)/b19-15-. The van der Waals surface area contributed by atoms with Crippen LogP contribution in [-0.4, -0.2) is 55.1 Å². The summed E-state index contributed by atoms with van der Waals surface area (Å²) in [5.74, 6) is 0. The molecule has 2 N–H and O–H groups in total. The van der Waals surface area contributed by atoms with Gasteiger partial charge in [-0.2, -0.15) is 5.10 Å². The second kappa shape index (κ2) is 9.97. The van der Waals surface area contributed by atoms with Crippen LogP contribution in [0.4, 0.5) is 0 Å². The number of halogens is 1. The molecule has 1 aromatic carbocycles. The maximum Gasteiger partial charge on any atom is 0.187 e. The van der Waals surface area contributed by atoms with E-state index in [0.717, 1.165) is 61.6 Å². The summed E-state index contributed by atoms with van der Waals surface area (Å²) in [6, 6.07) is 8.11. The topological polar surface area (TPSA) is 48.9 Å². The number of hydrazone groups is 1. The normalized spacial score (nSPS) is 16.2. The number of hydrogen-bond acceptors (Lipinski definition) is 4. The van der Waals surface area contributed by atoms with Gasteiger partial charge in [0.25, 0.3) is 0 Å². The number of morpholine rings is 1. The number of rotatable bonds is 6. The van der Waals surface area contributed by atoms with Crippen molar-refractivity contribution in [1.29, 1.82) is 0 Å². The molecular weight excluding hydrogens is 376 g/mol. The molecule has 1 heterocycles. The van der Waals surface area contributed by atoms with Gasteiger partial charge in [0.15, 0.2) is 5.11 Å². The molecule has 5 nitrogen and oxygen atoms in total. The van der Waals surface area contributed by atoms with Gasteiger partial charge in [0, 0.05) is 30.7 Å². The Balaban J connectivity index is 1.77. The summed E-state index contributed by atoms with van der Waals surface area (Å²) in [6.07, 6.45) is 0.833. The van der Waals surface area contributed by atoms with Crippen molar-refractivity contribution in [2.45, 2.75) is 13.3 Å². The van der Waals surface area contributed by atoms with Crippen LogP contribution < -0.4 is 10.7 Å². The molecule has 1 fully saturated rings. The first-order valence-electron chi connectivity index (χ1n) is 7.85. The van der Waals surface area contributed by atoms with Crippen molar-refractivity contribution in [3.63, 3.8) is 0 Å². The van der Waals surface area contributed by atoms with Crippen LogP contribution in [0.2, 0.25) is 0 Å². The van der Waals surface area contributed by atoms with Crippen LogP contribution in [0.25, 0.3) is 0 Å². The number of ether oxygens (including phenoxy) is 1. The van der Waals surface area contributed by atoms with Crippen molar-refractivity contribution in [2.24, 2.45) is 5.10 Å². The van der Waals surface area contributed by atoms with Crippen LogP contribution in [-0.2, 0) is 4.74 Å². The molecule has 1 aliphatic heterocycles. The highest BCUT2D eigenvalue weighted by Gasteiger charge is 2.09. The largest absolute Gasteiger partial charge is 0.379 e. The second-order valence-corrected chi connectivity index (χ2v) is 6.57. The van der Waals surface area contributed by atoms with E-state index in [1.54, 1.807) is 0 Å². The zero-order valence-corrected chi connectivity index (χ0v) is 15.8. The minimum absolute atomic E-state index is 0.555. The summed E-state index contributed by atoms with van der Waals surface area (Å²) in [7, 11) is 0. The van der Waals surface area contributed by atoms with E-state index in [2.05, 4.69) is 49.7 Å². The molecule has 7 heteroatoms. The molecule has 2 rings (SSSR count). The number of nitrogens with zero attached hydrogens (tertiary/aromatic N) is 2. The smallest absolute Gasteiger partial charge is 0.187 e. The maximum atomic E-state index is 5.33. The van der Waals surface area contributed by atoms with Crippen LogP contribution in [0.5, 0.6) is 0 Å². The maximum absolute atomic E-state index is 5.33. The monoisotopic (exact) mass is 398 g/mol. The van der Waals surface area contributed by atoms with Crippen molar-refractivity contribution in [2.75, 3.05) is 39.4 Å². The Morgan fingerprint density at radius 3 is 2.87 bits per heavy atom. The molecule has 0 amide bonds. The van der Waals surface area contributed by atoms with Crippen LogP contribution in [0.1, 0.15) is 18.9 Å². The molecule has 1 saturated heterocycles. The highest BCUT2D eigenvalue weighted by molar-refractivity contribution is 9.10. The van der Waals surface area contributed by atoms with Crippen molar-refractivity contribution >= 4 is 39.0 Å². The number of thiocarbonyl (C=S) groups is 1. The van der Waals surface area contributed by atoms with Gasteiger partial charge in [-0.25, -0.2) is 0 Å². The van der Waals surface area contributed by atoms with E-state index in [-0.39, 0.29) is 0 Å². The van der Waals surface area contributed by atoms with Gasteiger partial charge in [-0.05, 0) is 36.3 Å². The Kier molecular flexibility index (Phi) is 7.94. The lowest BCUT2D eigenvalue weighted by Crippen LogP contribution is -2.43. The first-order valence-corrected chi connectivity index (χ1v) is 9.05. The Hall–Kier alpha value is -1.02. The first kappa shape index (κ1) is 18.3. The van der Waals surface area contributed by atoms with E-state index >= 15 is 0 Å². The van der Waals surface area contributed by atoms with Gasteiger partial charge in [-0.3, -0.25) is 10.3 Å². The van der Waals surface area contributed by atoms with Gasteiger partial charge in [0.1, 0.15) is 0 Å². The minimum atomic E-state index is 0.555. The van der Waals surface area contributed by atoms with Crippen molar-refractivity contribution < 1.29 is 4.74 Å². The van der Waals surface area contributed by atoms with E-state index in [4.69, 9.17) is 17.0 Å². The van der Waals surface area contributed by atoms with E-state index in [1.807, 2.05) is 18.2 Å². The van der Waals surface area contributed by atoms with Gasteiger partial charge in [0.2, 0.25) is 0 Å². The molecule has 1 aromatic rings. The van der Waals surface area contributed by atoms with Gasteiger partial charge < -0.3 is 10.1 Å². The average molecular weight is 399 g/mol. The molecule has 0 radical (unpaired) electrons. The summed E-state index contributed by atoms with van der Waals surface area (Å²) < 4.78 is 6.38. The van der Waals surface area contributed by atoms with E-state index in [1.165, 1.54) is 0 Å². The molecule has 0 saturated carbocycles. The van der Waals surface area contributed by atoms with Crippen molar-refractivity contribution in [1.82, 2.24) is 15.6 Å². The molecule has 0 bridgehead atoms. The van der Waals surface area contributed by atoms with Gasteiger partial charge in [-0.1, -0.05) is 35.0 Å². The number of hydrogen-bond donors (Lipinski definition) is 2. The Morgan fingerprint density at radius 1 is 1.39 bits per heavy atom. The summed E-state index contributed by atoms with van der Waals surface area (Å²) in [4.78, 5) is 2.36. The lowest BCUT2D eigenvalue weighted by atomic mass is 10.1. The summed E-state index contributed by atoms with van der Waals surface area (Å²) >= 11 is 8.77. The van der Waals surface area contributed by atoms with Gasteiger partial charge in [0.05, 0.1) is 18.9 Å². The zero-order chi connectivity index (χ0) is 16.5. The number of benzene rings is 1. The molecule has 0 aliphatic carbocycles. The number of nitrogens with one attached hydrogen (secondary N) is 2. The Bertz CT molecular complexity index is 547. The fourth-order valence-electron chi connectivity index (χ4n) is 2.33. The predicted octanol–water partition coefficient (Wildman–Crippen LogP) is 2.36. The predicted molar refractivity (Wildman–Crippen MR) is 102 cm³/mol. The molecule has 23 heavy (non-hydrogen) atoms. The van der Waals surface area contributed by atoms with E-state index in [0.29, 0.717) is 5.11 Å². The molecule has 0 atom stereocenters. The van der Waals surface area contributed by atoms with E-state index < -0.39 is 0 Å². The first-order chi connectivity index (χ1) is 11.2. The molecule has 0 aromatic heterocycles.